The van der Waals surface area contributed by atoms with Crippen LogP contribution in [0.25, 0.3) is 0 Å². The zero-order chi connectivity index (χ0) is 13.5. The summed E-state index contributed by atoms with van der Waals surface area (Å²) in [6.07, 6.45) is 0. The van der Waals surface area contributed by atoms with E-state index in [9.17, 15) is 0 Å². The molecular weight excluding hydrogens is 232 g/mol. The van der Waals surface area contributed by atoms with Crippen LogP contribution in [0.2, 0.25) is 0 Å². The number of aromatic nitrogens is 2. The maximum Gasteiger partial charge on any atom is 0.147 e. The Morgan fingerprint density at radius 2 is 2.06 bits per heavy atom. The highest BCUT2D eigenvalue weighted by Crippen LogP contribution is 2.27. The molecule has 1 aromatic heterocycles. The lowest BCUT2D eigenvalue weighted by Crippen LogP contribution is -2.14. The van der Waals surface area contributed by atoms with Gasteiger partial charge in [0.05, 0.1) is 31.2 Å². The van der Waals surface area contributed by atoms with E-state index in [1.165, 1.54) is 0 Å². The molecule has 6 nitrogen and oxygen atoms in total. The van der Waals surface area contributed by atoms with Gasteiger partial charge in [-0.2, -0.15) is 5.10 Å². The van der Waals surface area contributed by atoms with Gasteiger partial charge in [0, 0.05) is 20.7 Å². The summed E-state index contributed by atoms with van der Waals surface area (Å²) in [4.78, 5) is 0. The molecule has 18 heavy (non-hydrogen) atoms. The van der Waals surface area contributed by atoms with Gasteiger partial charge in [-0.25, -0.2) is 0 Å². The van der Waals surface area contributed by atoms with Crippen LogP contribution in [0.15, 0.2) is 0 Å². The fraction of sp³-hybridized carbons (Fsp3) is 0.750. The summed E-state index contributed by atoms with van der Waals surface area (Å²) < 4.78 is 12.0. The van der Waals surface area contributed by atoms with E-state index in [0.717, 1.165) is 17.2 Å². The zero-order valence-corrected chi connectivity index (χ0v) is 11.7. The molecule has 0 amide bonds. The highest BCUT2D eigenvalue weighted by atomic mass is 16.5. The summed E-state index contributed by atoms with van der Waals surface area (Å²) in [5.41, 5.74) is 7.72. The van der Waals surface area contributed by atoms with Crippen LogP contribution in [0.3, 0.4) is 0 Å². The number of methoxy groups -OCH3 is 1. The van der Waals surface area contributed by atoms with Gasteiger partial charge < -0.3 is 20.5 Å². The molecule has 0 aliphatic rings. The Labute approximate surface area is 108 Å². The molecule has 3 N–H and O–H groups in total. The van der Waals surface area contributed by atoms with E-state index in [1.807, 2.05) is 7.05 Å². The summed E-state index contributed by atoms with van der Waals surface area (Å²) in [5, 5.41) is 7.65. The van der Waals surface area contributed by atoms with Gasteiger partial charge in [0.1, 0.15) is 5.82 Å². The first-order valence-electron chi connectivity index (χ1n) is 6.20. The van der Waals surface area contributed by atoms with E-state index in [0.29, 0.717) is 32.3 Å². The second-order valence-corrected chi connectivity index (χ2v) is 4.46. The lowest BCUT2D eigenvalue weighted by Gasteiger charge is -2.08. The Morgan fingerprint density at radius 1 is 1.33 bits per heavy atom. The molecule has 0 aromatic carbocycles. The van der Waals surface area contributed by atoms with Crippen LogP contribution in [-0.2, 0) is 16.5 Å². The molecule has 0 saturated heterocycles. The van der Waals surface area contributed by atoms with Crippen LogP contribution in [0, 0.1) is 0 Å². The van der Waals surface area contributed by atoms with Crippen LogP contribution >= 0.6 is 0 Å². The van der Waals surface area contributed by atoms with E-state index < -0.39 is 0 Å². The summed E-state index contributed by atoms with van der Waals surface area (Å²) in [5.74, 6) is 1.18. The van der Waals surface area contributed by atoms with Gasteiger partial charge in [0.2, 0.25) is 0 Å². The molecule has 0 aliphatic carbocycles. The normalized spacial score (nSPS) is 11.2. The quantitative estimate of drug-likeness (QED) is 0.684. The van der Waals surface area contributed by atoms with Crippen molar-refractivity contribution in [2.24, 2.45) is 7.05 Å². The van der Waals surface area contributed by atoms with Crippen molar-refractivity contribution in [2.45, 2.75) is 19.8 Å². The Bertz CT molecular complexity index is 363. The van der Waals surface area contributed by atoms with Crippen molar-refractivity contribution < 1.29 is 9.47 Å². The molecular formula is C12H24N4O2. The monoisotopic (exact) mass is 256 g/mol. The van der Waals surface area contributed by atoms with Crippen LogP contribution in [0.1, 0.15) is 25.5 Å². The van der Waals surface area contributed by atoms with Gasteiger partial charge in [-0.15, -0.1) is 0 Å². The molecule has 0 radical (unpaired) electrons. The Hall–Kier alpha value is -1.27. The number of nitrogens with one attached hydrogen (secondary N) is 1. The van der Waals surface area contributed by atoms with Crippen molar-refractivity contribution in [3.8, 4) is 0 Å². The van der Waals surface area contributed by atoms with Crippen molar-refractivity contribution in [1.29, 1.82) is 0 Å². The van der Waals surface area contributed by atoms with Crippen LogP contribution in [-0.4, -0.2) is 43.3 Å². The number of ether oxygens (including phenoxy) is 2. The molecule has 0 saturated carbocycles. The zero-order valence-electron chi connectivity index (χ0n) is 11.7. The molecule has 0 bridgehead atoms. The third kappa shape index (κ3) is 3.89. The first-order chi connectivity index (χ1) is 8.57. The number of hydrogen-bond acceptors (Lipinski definition) is 5. The van der Waals surface area contributed by atoms with Gasteiger partial charge >= 0.3 is 0 Å². The average molecular weight is 256 g/mol. The second kappa shape index (κ2) is 7.23. The molecule has 1 heterocycles. The average Bonchev–Trinajstić information content (AvgIpc) is 2.60. The van der Waals surface area contributed by atoms with E-state index in [1.54, 1.807) is 11.8 Å². The first kappa shape index (κ1) is 14.8. The molecule has 6 heteroatoms. The van der Waals surface area contributed by atoms with Crippen molar-refractivity contribution in [2.75, 3.05) is 44.5 Å². The Kier molecular flexibility index (Phi) is 5.94. The number of nitrogen functional groups attached to an aromatic ring is 1. The van der Waals surface area contributed by atoms with Crippen molar-refractivity contribution >= 4 is 11.5 Å². The lowest BCUT2D eigenvalue weighted by atomic mass is 10.1. The second-order valence-electron chi connectivity index (χ2n) is 4.46. The number of nitrogens with two attached hydrogens (primary N) is 1. The molecule has 0 fully saturated rings. The minimum atomic E-state index is 0.324. The van der Waals surface area contributed by atoms with Crippen molar-refractivity contribution in [3.63, 3.8) is 0 Å². The minimum absolute atomic E-state index is 0.324. The SMILES string of the molecule is COCCOCCNc1c(N)c(C(C)C)nn1C. The molecule has 104 valence electrons. The fourth-order valence-electron chi connectivity index (χ4n) is 1.68. The largest absolute Gasteiger partial charge is 0.394 e. The van der Waals surface area contributed by atoms with E-state index >= 15 is 0 Å². The highest BCUT2D eigenvalue weighted by Gasteiger charge is 2.15. The highest BCUT2D eigenvalue weighted by molar-refractivity contribution is 5.65. The maximum atomic E-state index is 6.06. The number of hydrogen-bond donors (Lipinski definition) is 2. The third-order valence-corrected chi connectivity index (χ3v) is 2.63. The van der Waals surface area contributed by atoms with E-state index in [-0.39, 0.29) is 0 Å². The summed E-state index contributed by atoms with van der Waals surface area (Å²) in [7, 11) is 3.54. The van der Waals surface area contributed by atoms with Crippen LogP contribution in [0.5, 0.6) is 0 Å². The molecule has 1 aromatic rings. The Balaban J connectivity index is 2.42. The van der Waals surface area contributed by atoms with Gasteiger partial charge in [-0.1, -0.05) is 13.8 Å². The molecule has 0 aliphatic heterocycles. The number of nitrogens with zero attached hydrogens (tertiary/aromatic N) is 2. The lowest BCUT2D eigenvalue weighted by molar-refractivity contribution is 0.0759. The van der Waals surface area contributed by atoms with E-state index in [4.69, 9.17) is 15.2 Å². The molecule has 0 atom stereocenters. The third-order valence-electron chi connectivity index (χ3n) is 2.63. The van der Waals surface area contributed by atoms with Crippen molar-refractivity contribution in [3.05, 3.63) is 5.69 Å². The number of rotatable bonds is 8. The topological polar surface area (TPSA) is 74.3 Å². The van der Waals surface area contributed by atoms with Crippen LogP contribution < -0.4 is 11.1 Å². The summed E-state index contributed by atoms with van der Waals surface area (Å²) >= 11 is 0. The van der Waals surface area contributed by atoms with E-state index in [2.05, 4.69) is 24.3 Å². The minimum Gasteiger partial charge on any atom is -0.394 e. The Morgan fingerprint density at radius 3 is 2.61 bits per heavy atom. The summed E-state index contributed by atoms with van der Waals surface area (Å²) in [6.45, 7) is 6.70. The van der Waals surface area contributed by atoms with Gasteiger partial charge in [-0.3, -0.25) is 4.68 Å². The molecule has 1 rings (SSSR count). The number of anilines is 2. The van der Waals surface area contributed by atoms with Crippen molar-refractivity contribution in [1.82, 2.24) is 9.78 Å². The standard InChI is InChI=1S/C12H24N4O2/c1-9(2)11-10(13)12(16(3)15-11)14-5-6-18-8-7-17-4/h9,14H,5-8,13H2,1-4H3. The predicted molar refractivity (Wildman–Crippen MR) is 72.9 cm³/mol. The fourth-order valence-corrected chi connectivity index (χ4v) is 1.68. The summed E-state index contributed by atoms with van der Waals surface area (Å²) in [6, 6.07) is 0. The first-order valence-corrected chi connectivity index (χ1v) is 6.20. The smallest absolute Gasteiger partial charge is 0.147 e. The predicted octanol–water partition coefficient (Wildman–Crippen LogP) is 1.20. The number of aryl methyl sites for hydroxylation is 1. The molecule has 0 spiro atoms. The van der Waals surface area contributed by atoms with Gasteiger partial charge in [0.15, 0.2) is 0 Å². The van der Waals surface area contributed by atoms with Gasteiger partial charge in [-0.05, 0) is 5.92 Å². The molecule has 0 unspecified atom stereocenters. The van der Waals surface area contributed by atoms with Gasteiger partial charge in [0.25, 0.3) is 0 Å². The maximum absolute atomic E-state index is 6.06. The van der Waals surface area contributed by atoms with Crippen LogP contribution in [0.4, 0.5) is 11.5 Å².